The molecule has 3 heterocycles. The summed E-state index contributed by atoms with van der Waals surface area (Å²) in [5, 5.41) is 12.8. The maximum atomic E-state index is 12.9. The van der Waals surface area contributed by atoms with Gasteiger partial charge in [-0.15, -0.1) is 10.2 Å². The molecule has 0 atom stereocenters. The Morgan fingerprint density at radius 3 is 2.71 bits per heavy atom. The average molecular weight is 316 g/mol. The van der Waals surface area contributed by atoms with Crippen LogP contribution in [0.1, 0.15) is 24.0 Å². The van der Waals surface area contributed by atoms with Gasteiger partial charge in [-0.3, -0.25) is 10.1 Å². The van der Waals surface area contributed by atoms with E-state index in [0.717, 1.165) is 27.7 Å². The number of aromatic nitrogens is 5. The third-order valence-electron chi connectivity index (χ3n) is 2.96. The zero-order valence-corrected chi connectivity index (χ0v) is 12.0. The van der Waals surface area contributed by atoms with Crippen LogP contribution in [0.4, 0.5) is 13.2 Å². The standard InChI is InChI=1S/C11H11F3N6S/c1-3-19-4-7(6(2)17-19)8-5-21-10-16-15-9(11(12,13)14)20(10)18-8/h4-5,18H,3H2,1-2H3. The number of halogens is 3. The van der Waals surface area contributed by atoms with Crippen LogP contribution >= 0.6 is 11.8 Å². The van der Waals surface area contributed by atoms with Crippen molar-refractivity contribution in [3.63, 3.8) is 0 Å². The summed E-state index contributed by atoms with van der Waals surface area (Å²) in [4.78, 5) is 0. The number of hydrogen-bond acceptors (Lipinski definition) is 5. The molecule has 6 nitrogen and oxygen atoms in total. The summed E-state index contributed by atoms with van der Waals surface area (Å²) in [5.74, 6) is -1.07. The first kappa shape index (κ1) is 14.0. The Labute approximate surface area is 122 Å². The molecule has 112 valence electrons. The highest BCUT2D eigenvalue weighted by Gasteiger charge is 2.39. The number of fused-ring (bicyclic) bond motifs is 1. The van der Waals surface area contributed by atoms with E-state index in [1.807, 2.05) is 6.92 Å². The smallest absolute Gasteiger partial charge is 0.289 e. The quantitative estimate of drug-likeness (QED) is 0.922. The molecule has 0 aliphatic carbocycles. The largest absolute Gasteiger partial charge is 0.453 e. The Hall–Kier alpha value is -1.97. The lowest BCUT2D eigenvalue weighted by Crippen LogP contribution is -2.24. The van der Waals surface area contributed by atoms with Crippen LogP contribution in [0, 0.1) is 6.92 Å². The van der Waals surface area contributed by atoms with E-state index < -0.39 is 12.0 Å². The summed E-state index contributed by atoms with van der Waals surface area (Å²) >= 11 is 1.08. The van der Waals surface area contributed by atoms with Crippen LogP contribution in [0.25, 0.3) is 5.70 Å². The van der Waals surface area contributed by atoms with E-state index in [4.69, 9.17) is 0 Å². The lowest BCUT2D eigenvalue weighted by Gasteiger charge is -2.19. The minimum absolute atomic E-state index is 0.145. The maximum Gasteiger partial charge on any atom is 0.453 e. The van der Waals surface area contributed by atoms with Gasteiger partial charge in [-0.05, 0) is 13.8 Å². The molecule has 0 radical (unpaired) electrons. The number of hydrogen-bond donors (Lipinski definition) is 1. The van der Waals surface area contributed by atoms with Crippen LogP contribution in [-0.2, 0) is 12.7 Å². The second kappa shape index (κ2) is 4.79. The van der Waals surface area contributed by atoms with E-state index in [9.17, 15) is 13.2 Å². The first-order valence-electron chi connectivity index (χ1n) is 6.11. The normalized spacial score (nSPS) is 14.6. The van der Waals surface area contributed by atoms with E-state index in [1.165, 1.54) is 0 Å². The van der Waals surface area contributed by atoms with Gasteiger partial charge in [0.1, 0.15) is 0 Å². The van der Waals surface area contributed by atoms with Gasteiger partial charge in [-0.2, -0.15) is 18.3 Å². The number of thioether (sulfide) groups is 1. The molecule has 3 rings (SSSR count). The lowest BCUT2D eigenvalue weighted by molar-refractivity contribution is -0.146. The van der Waals surface area contributed by atoms with Gasteiger partial charge in [-0.25, -0.2) is 4.68 Å². The molecule has 10 heteroatoms. The van der Waals surface area contributed by atoms with E-state index in [1.54, 1.807) is 23.2 Å². The highest BCUT2D eigenvalue weighted by molar-refractivity contribution is 8.02. The molecule has 0 amide bonds. The lowest BCUT2D eigenvalue weighted by atomic mass is 10.2. The zero-order chi connectivity index (χ0) is 15.2. The third-order valence-corrected chi connectivity index (χ3v) is 3.79. The van der Waals surface area contributed by atoms with Gasteiger partial charge in [0.15, 0.2) is 0 Å². The molecule has 21 heavy (non-hydrogen) atoms. The Morgan fingerprint density at radius 2 is 2.10 bits per heavy atom. The summed E-state index contributed by atoms with van der Waals surface area (Å²) in [7, 11) is 0. The van der Waals surface area contributed by atoms with Crippen molar-refractivity contribution in [3.8, 4) is 0 Å². The monoisotopic (exact) mass is 316 g/mol. The summed E-state index contributed by atoms with van der Waals surface area (Å²) in [6.07, 6.45) is -2.78. The fraction of sp³-hybridized carbons (Fsp3) is 0.364. The second-order valence-corrected chi connectivity index (χ2v) is 5.22. The molecule has 2 aromatic heterocycles. The van der Waals surface area contributed by atoms with Crippen molar-refractivity contribution in [1.29, 1.82) is 0 Å². The van der Waals surface area contributed by atoms with Gasteiger partial charge in [0.2, 0.25) is 5.16 Å². The topological polar surface area (TPSA) is 60.6 Å². The van der Waals surface area contributed by atoms with Crippen molar-refractivity contribution in [1.82, 2.24) is 24.7 Å². The molecule has 0 spiro atoms. The van der Waals surface area contributed by atoms with Crippen LogP contribution in [0.2, 0.25) is 0 Å². The van der Waals surface area contributed by atoms with E-state index in [-0.39, 0.29) is 5.16 Å². The Bertz CT molecular complexity index is 714. The second-order valence-electron chi connectivity index (χ2n) is 4.38. The minimum Gasteiger partial charge on any atom is -0.289 e. The van der Waals surface area contributed by atoms with Gasteiger partial charge in [0.05, 0.1) is 11.4 Å². The van der Waals surface area contributed by atoms with Crippen LogP contribution in [0.15, 0.2) is 16.8 Å². The van der Waals surface area contributed by atoms with E-state index in [2.05, 4.69) is 20.7 Å². The zero-order valence-electron chi connectivity index (χ0n) is 11.1. The predicted octanol–water partition coefficient (Wildman–Crippen LogP) is 2.47. The molecule has 1 aliphatic heterocycles. The van der Waals surface area contributed by atoms with Crippen molar-refractivity contribution in [3.05, 3.63) is 28.7 Å². The van der Waals surface area contributed by atoms with E-state index >= 15 is 0 Å². The van der Waals surface area contributed by atoms with Crippen molar-refractivity contribution in [2.45, 2.75) is 31.7 Å². The van der Waals surface area contributed by atoms with Gasteiger partial charge >= 0.3 is 6.18 Å². The average Bonchev–Trinajstić information content (AvgIpc) is 3.00. The summed E-state index contributed by atoms with van der Waals surface area (Å²) in [6.45, 7) is 4.43. The molecular formula is C11H11F3N6S. The number of nitrogens with zero attached hydrogens (tertiary/aromatic N) is 5. The molecule has 1 aliphatic rings. The first-order chi connectivity index (χ1) is 9.90. The van der Waals surface area contributed by atoms with Gasteiger partial charge < -0.3 is 0 Å². The van der Waals surface area contributed by atoms with Gasteiger partial charge in [0.25, 0.3) is 5.82 Å². The van der Waals surface area contributed by atoms with Crippen molar-refractivity contribution in [2.24, 2.45) is 0 Å². The number of alkyl halides is 3. The Kier molecular flexibility index (Phi) is 3.19. The summed E-state index contributed by atoms with van der Waals surface area (Å²) < 4.78 is 41.2. The maximum absolute atomic E-state index is 12.9. The molecule has 0 saturated carbocycles. The molecular weight excluding hydrogens is 305 g/mol. The minimum atomic E-state index is -4.57. The van der Waals surface area contributed by atoms with Gasteiger partial charge in [-0.1, -0.05) is 11.8 Å². The fourth-order valence-corrected chi connectivity index (χ4v) is 2.69. The number of nitrogens with one attached hydrogen (secondary N) is 1. The summed E-state index contributed by atoms with van der Waals surface area (Å²) in [6, 6.07) is 0. The Balaban J connectivity index is 1.97. The SMILES string of the molecule is CCn1cc(C2=CSc3nnc(C(F)(F)F)n3N2)c(C)n1. The van der Waals surface area contributed by atoms with Crippen molar-refractivity contribution >= 4 is 17.5 Å². The fourth-order valence-electron chi connectivity index (χ4n) is 1.96. The highest BCUT2D eigenvalue weighted by Crippen LogP contribution is 2.34. The van der Waals surface area contributed by atoms with Crippen molar-refractivity contribution < 1.29 is 13.2 Å². The molecule has 0 unspecified atom stereocenters. The molecule has 0 bridgehead atoms. The summed E-state index contributed by atoms with van der Waals surface area (Å²) in [5.41, 5.74) is 4.73. The molecule has 2 aromatic rings. The third kappa shape index (κ3) is 2.39. The van der Waals surface area contributed by atoms with Gasteiger partial charge in [0, 0.05) is 23.7 Å². The van der Waals surface area contributed by atoms with Crippen molar-refractivity contribution in [2.75, 3.05) is 5.43 Å². The number of aryl methyl sites for hydroxylation is 2. The first-order valence-corrected chi connectivity index (χ1v) is 6.99. The van der Waals surface area contributed by atoms with Crippen LogP contribution in [0.5, 0.6) is 0 Å². The Morgan fingerprint density at radius 1 is 1.33 bits per heavy atom. The van der Waals surface area contributed by atoms with Crippen LogP contribution < -0.4 is 5.43 Å². The number of rotatable bonds is 2. The molecule has 0 fully saturated rings. The highest BCUT2D eigenvalue weighted by atomic mass is 32.2. The van der Waals surface area contributed by atoms with Crippen LogP contribution in [-0.4, -0.2) is 24.7 Å². The molecule has 1 N–H and O–H groups in total. The predicted molar refractivity (Wildman–Crippen MR) is 70.9 cm³/mol. The molecule has 0 saturated heterocycles. The molecule has 0 aromatic carbocycles. The van der Waals surface area contributed by atoms with E-state index in [0.29, 0.717) is 12.2 Å². The van der Waals surface area contributed by atoms with Crippen LogP contribution in [0.3, 0.4) is 0 Å².